The molecule has 0 aliphatic rings. The van der Waals surface area contributed by atoms with E-state index in [4.69, 9.17) is 14.2 Å². The predicted molar refractivity (Wildman–Crippen MR) is 121 cm³/mol. The van der Waals surface area contributed by atoms with Crippen molar-refractivity contribution in [2.45, 2.75) is 26.3 Å². The molecule has 8 nitrogen and oxygen atoms in total. The van der Waals surface area contributed by atoms with Gasteiger partial charge in [-0.25, -0.2) is 8.42 Å². The minimum Gasteiger partial charge on any atom is -0.494 e. The van der Waals surface area contributed by atoms with E-state index >= 15 is 0 Å². The Morgan fingerprint density at radius 1 is 1.06 bits per heavy atom. The van der Waals surface area contributed by atoms with Gasteiger partial charge in [-0.05, 0) is 62.2 Å². The predicted octanol–water partition coefficient (Wildman–Crippen LogP) is 2.62. The van der Waals surface area contributed by atoms with Gasteiger partial charge in [0, 0.05) is 6.54 Å². The quantitative estimate of drug-likeness (QED) is 0.566. The van der Waals surface area contributed by atoms with Crippen molar-refractivity contribution >= 4 is 21.6 Å². The Morgan fingerprint density at radius 2 is 1.71 bits per heavy atom. The molecule has 1 N–H and O–H groups in total. The zero-order chi connectivity index (χ0) is 23.0. The second kappa shape index (κ2) is 10.9. The fourth-order valence-corrected chi connectivity index (χ4v) is 4.35. The van der Waals surface area contributed by atoms with Crippen LogP contribution in [0.1, 0.15) is 19.4 Å². The van der Waals surface area contributed by atoms with Crippen molar-refractivity contribution in [1.29, 1.82) is 0 Å². The van der Waals surface area contributed by atoms with E-state index in [1.54, 1.807) is 51.5 Å². The van der Waals surface area contributed by atoms with Crippen molar-refractivity contribution in [2.75, 3.05) is 37.9 Å². The normalized spacial score (nSPS) is 12.0. The summed E-state index contributed by atoms with van der Waals surface area (Å²) in [6.45, 7) is 4.28. The van der Waals surface area contributed by atoms with E-state index in [1.807, 2.05) is 19.1 Å². The number of sulfonamides is 1. The van der Waals surface area contributed by atoms with Crippen molar-refractivity contribution in [3.05, 3.63) is 48.0 Å². The van der Waals surface area contributed by atoms with Crippen LogP contribution in [0, 0.1) is 0 Å². The van der Waals surface area contributed by atoms with Crippen LogP contribution in [0.15, 0.2) is 42.5 Å². The first-order chi connectivity index (χ1) is 14.7. The third-order valence-electron chi connectivity index (χ3n) is 4.65. The standard InChI is InChI=1S/C22H30N2O6S/c1-6-30-19-10-8-18(9-11-19)24(31(5,26)27)16(2)22(25)23-14-13-17-7-12-20(28-3)21(15-17)29-4/h7-12,15-16H,6,13-14H2,1-5H3,(H,23,25)/t16-/m0/s1. The number of methoxy groups -OCH3 is 2. The first-order valence-electron chi connectivity index (χ1n) is 9.92. The molecule has 31 heavy (non-hydrogen) atoms. The molecule has 0 bridgehead atoms. The molecule has 1 amide bonds. The molecule has 2 aromatic rings. The van der Waals surface area contributed by atoms with Gasteiger partial charge in [0.15, 0.2) is 11.5 Å². The molecule has 0 saturated heterocycles. The molecule has 0 aliphatic heterocycles. The summed E-state index contributed by atoms with van der Waals surface area (Å²) < 4.78 is 41.8. The Morgan fingerprint density at radius 3 is 2.26 bits per heavy atom. The topological polar surface area (TPSA) is 94.2 Å². The highest BCUT2D eigenvalue weighted by atomic mass is 32.2. The Balaban J connectivity index is 2.06. The van der Waals surface area contributed by atoms with Crippen LogP contribution in [0.2, 0.25) is 0 Å². The van der Waals surface area contributed by atoms with Crippen LogP contribution >= 0.6 is 0 Å². The largest absolute Gasteiger partial charge is 0.494 e. The van der Waals surface area contributed by atoms with Gasteiger partial charge in [0.2, 0.25) is 15.9 Å². The lowest BCUT2D eigenvalue weighted by Crippen LogP contribution is -2.48. The Bertz CT molecular complexity index is 976. The summed E-state index contributed by atoms with van der Waals surface area (Å²) >= 11 is 0. The van der Waals surface area contributed by atoms with E-state index in [-0.39, 0.29) is 5.91 Å². The molecule has 2 aromatic carbocycles. The summed E-state index contributed by atoms with van der Waals surface area (Å²) in [5.41, 5.74) is 1.35. The lowest BCUT2D eigenvalue weighted by molar-refractivity contribution is -0.121. The highest BCUT2D eigenvalue weighted by Gasteiger charge is 2.29. The van der Waals surface area contributed by atoms with Crippen LogP contribution in [-0.4, -0.2) is 54.0 Å². The number of carbonyl (C=O) groups is 1. The molecule has 0 spiro atoms. The molecule has 0 aromatic heterocycles. The van der Waals surface area contributed by atoms with Crippen molar-refractivity contribution in [3.63, 3.8) is 0 Å². The number of carbonyl (C=O) groups excluding carboxylic acids is 1. The average Bonchev–Trinajstić information content (AvgIpc) is 2.74. The van der Waals surface area contributed by atoms with Gasteiger partial charge in [0.05, 0.1) is 32.8 Å². The van der Waals surface area contributed by atoms with Gasteiger partial charge in [0.25, 0.3) is 0 Å². The molecular weight excluding hydrogens is 420 g/mol. The van der Waals surface area contributed by atoms with Gasteiger partial charge in [-0.2, -0.15) is 0 Å². The van der Waals surface area contributed by atoms with Gasteiger partial charge >= 0.3 is 0 Å². The van der Waals surface area contributed by atoms with Gasteiger partial charge in [-0.3, -0.25) is 9.10 Å². The SMILES string of the molecule is CCOc1ccc(N([C@@H](C)C(=O)NCCc2ccc(OC)c(OC)c2)S(C)(=O)=O)cc1. The zero-order valence-electron chi connectivity index (χ0n) is 18.5. The number of nitrogens with one attached hydrogen (secondary N) is 1. The minimum atomic E-state index is -3.68. The van der Waals surface area contributed by atoms with Crippen molar-refractivity contribution in [1.82, 2.24) is 5.32 Å². The van der Waals surface area contributed by atoms with Crippen LogP contribution in [0.3, 0.4) is 0 Å². The molecule has 9 heteroatoms. The average molecular weight is 451 g/mol. The number of benzene rings is 2. The van der Waals surface area contributed by atoms with Crippen molar-refractivity contribution in [3.8, 4) is 17.2 Å². The molecule has 0 radical (unpaired) electrons. The van der Waals surface area contributed by atoms with E-state index in [0.717, 1.165) is 16.1 Å². The van der Waals surface area contributed by atoms with Crippen LogP contribution < -0.4 is 23.8 Å². The van der Waals surface area contributed by atoms with Gasteiger partial charge in [0.1, 0.15) is 11.8 Å². The summed E-state index contributed by atoms with van der Waals surface area (Å²) in [7, 11) is -0.552. The molecular formula is C22H30N2O6S. The van der Waals surface area contributed by atoms with E-state index in [0.29, 0.717) is 42.5 Å². The maximum absolute atomic E-state index is 12.7. The second-order valence-electron chi connectivity index (χ2n) is 6.89. The third-order valence-corrected chi connectivity index (χ3v) is 5.89. The van der Waals surface area contributed by atoms with Crippen LogP contribution in [-0.2, 0) is 21.2 Å². The zero-order valence-corrected chi connectivity index (χ0v) is 19.4. The van der Waals surface area contributed by atoms with Crippen LogP contribution in [0.25, 0.3) is 0 Å². The third kappa shape index (κ3) is 6.52. The maximum Gasteiger partial charge on any atom is 0.243 e. The molecule has 0 unspecified atom stereocenters. The number of amides is 1. The number of nitrogens with zero attached hydrogens (tertiary/aromatic N) is 1. The fraction of sp³-hybridized carbons (Fsp3) is 0.409. The van der Waals surface area contributed by atoms with Gasteiger partial charge in [-0.1, -0.05) is 6.07 Å². The number of rotatable bonds is 11. The minimum absolute atomic E-state index is 0.347. The Hall–Kier alpha value is -2.94. The number of hydrogen-bond acceptors (Lipinski definition) is 6. The second-order valence-corrected chi connectivity index (χ2v) is 8.75. The van der Waals surface area contributed by atoms with Crippen molar-refractivity contribution in [2.24, 2.45) is 0 Å². The number of ether oxygens (including phenoxy) is 3. The highest BCUT2D eigenvalue weighted by Crippen LogP contribution is 2.27. The van der Waals surface area contributed by atoms with Gasteiger partial charge < -0.3 is 19.5 Å². The summed E-state index contributed by atoms with van der Waals surface area (Å²) in [5, 5.41) is 2.81. The van der Waals surface area contributed by atoms with E-state index < -0.39 is 16.1 Å². The summed E-state index contributed by atoms with van der Waals surface area (Å²) in [4.78, 5) is 12.7. The molecule has 0 heterocycles. The van der Waals surface area contributed by atoms with Crippen LogP contribution in [0.5, 0.6) is 17.2 Å². The number of hydrogen-bond donors (Lipinski definition) is 1. The van der Waals surface area contributed by atoms with Crippen LogP contribution in [0.4, 0.5) is 5.69 Å². The Kier molecular flexibility index (Phi) is 8.56. The molecule has 2 rings (SSSR count). The first-order valence-corrected chi connectivity index (χ1v) is 11.8. The molecule has 1 atom stereocenters. The summed E-state index contributed by atoms with van der Waals surface area (Å²) in [6, 6.07) is 11.2. The summed E-state index contributed by atoms with van der Waals surface area (Å²) in [5.74, 6) is 1.48. The lowest BCUT2D eigenvalue weighted by atomic mass is 10.1. The fourth-order valence-electron chi connectivity index (χ4n) is 3.18. The molecule has 0 fully saturated rings. The monoisotopic (exact) mass is 450 g/mol. The van der Waals surface area contributed by atoms with E-state index in [2.05, 4.69) is 5.32 Å². The van der Waals surface area contributed by atoms with Crippen molar-refractivity contribution < 1.29 is 27.4 Å². The Labute approximate surface area is 184 Å². The highest BCUT2D eigenvalue weighted by molar-refractivity contribution is 7.92. The van der Waals surface area contributed by atoms with E-state index in [9.17, 15) is 13.2 Å². The lowest BCUT2D eigenvalue weighted by Gasteiger charge is -2.28. The van der Waals surface area contributed by atoms with Gasteiger partial charge in [-0.15, -0.1) is 0 Å². The van der Waals surface area contributed by atoms with E-state index in [1.165, 1.54) is 0 Å². The molecule has 0 aliphatic carbocycles. The number of anilines is 1. The summed E-state index contributed by atoms with van der Waals surface area (Å²) in [6.07, 6.45) is 1.64. The molecule has 170 valence electrons. The molecule has 0 saturated carbocycles. The maximum atomic E-state index is 12.7. The smallest absolute Gasteiger partial charge is 0.243 e. The first kappa shape index (κ1) is 24.3.